The topological polar surface area (TPSA) is 47.0 Å². The molecule has 0 aliphatic carbocycles. The minimum Gasteiger partial charge on any atom is -0.489 e. The second kappa shape index (κ2) is 6.20. The number of hydrogen-bond donors (Lipinski definition) is 1. The summed E-state index contributed by atoms with van der Waals surface area (Å²) in [5, 5.41) is 3.51. The third kappa shape index (κ3) is 3.69. The van der Waals surface area contributed by atoms with Gasteiger partial charge in [-0.2, -0.15) is 0 Å². The molecule has 1 aromatic carbocycles. The molecule has 5 heteroatoms. The molecule has 0 unspecified atom stereocenters. The molecule has 0 aliphatic heterocycles. The number of halogens is 1. The first kappa shape index (κ1) is 13.4. The Labute approximate surface area is 117 Å². The van der Waals surface area contributed by atoms with Gasteiger partial charge in [0.15, 0.2) is 0 Å². The van der Waals surface area contributed by atoms with Gasteiger partial charge in [-0.3, -0.25) is 0 Å². The molecule has 0 bridgehead atoms. The van der Waals surface area contributed by atoms with Crippen LogP contribution in [0.15, 0.2) is 43.1 Å². The van der Waals surface area contributed by atoms with E-state index in [1.807, 2.05) is 25.1 Å². The second-order valence-corrected chi connectivity index (χ2v) is 4.29. The van der Waals surface area contributed by atoms with E-state index in [9.17, 15) is 0 Å². The summed E-state index contributed by atoms with van der Waals surface area (Å²) in [7, 11) is 0. The van der Waals surface area contributed by atoms with Gasteiger partial charge in [-0.1, -0.05) is 30.3 Å². The van der Waals surface area contributed by atoms with Gasteiger partial charge >= 0.3 is 0 Å². The average molecular weight is 276 g/mol. The highest BCUT2D eigenvalue weighted by Crippen LogP contribution is 2.24. The van der Waals surface area contributed by atoms with Crippen molar-refractivity contribution in [2.24, 2.45) is 0 Å². The molecule has 1 N–H and O–H groups in total. The van der Waals surface area contributed by atoms with Crippen LogP contribution in [0.25, 0.3) is 0 Å². The fourth-order valence-electron chi connectivity index (χ4n) is 1.50. The van der Waals surface area contributed by atoms with Crippen molar-refractivity contribution in [2.75, 3.05) is 11.9 Å². The monoisotopic (exact) mass is 275 g/mol. The van der Waals surface area contributed by atoms with Crippen molar-refractivity contribution in [1.82, 2.24) is 9.97 Å². The molecule has 2 rings (SSSR count). The number of nitrogens with one attached hydrogen (secondary N) is 1. The van der Waals surface area contributed by atoms with E-state index in [0.717, 1.165) is 17.0 Å². The number of benzene rings is 1. The summed E-state index contributed by atoms with van der Waals surface area (Å²) in [5.74, 6) is 1.21. The van der Waals surface area contributed by atoms with E-state index in [1.165, 1.54) is 0 Å². The lowest BCUT2D eigenvalue weighted by molar-refractivity contribution is 0.363. The average Bonchev–Trinajstić information content (AvgIpc) is 2.40. The van der Waals surface area contributed by atoms with Gasteiger partial charge in [-0.15, -0.1) is 0 Å². The Morgan fingerprint density at radius 1 is 1.42 bits per heavy atom. The van der Waals surface area contributed by atoms with E-state index in [2.05, 4.69) is 21.9 Å². The number of anilines is 2. The van der Waals surface area contributed by atoms with Crippen LogP contribution in [0.2, 0.25) is 5.15 Å². The van der Waals surface area contributed by atoms with Gasteiger partial charge < -0.3 is 10.1 Å². The molecular weight excluding hydrogens is 262 g/mol. The van der Waals surface area contributed by atoms with Crippen molar-refractivity contribution in [1.29, 1.82) is 0 Å². The van der Waals surface area contributed by atoms with E-state index in [4.69, 9.17) is 16.3 Å². The van der Waals surface area contributed by atoms with Crippen LogP contribution in [0, 0.1) is 6.92 Å². The molecule has 0 amide bonds. The van der Waals surface area contributed by atoms with Crippen LogP contribution >= 0.6 is 11.6 Å². The Balaban J connectivity index is 2.21. The minimum absolute atomic E-state index is 0.397. The van der Waals surface area contributed by atoms with Gasteiger partial charge in [-0.05, 0) is 24.6 Å². The van der Waals surface area contributed by atoms with Crippen molar-refractivity contribution in [3.05, 3.63) is 53.8 Å². The van der Waals surface area contributed by atoms with Gasteiger partial charge in [0.25, 0.3) is 0 Å². The zero-order valence-corrected chi connectivity index (χ0v) is 11.3. The standard InChI is InChI=1S/C14H14ClN3O/c1-3-8-19-11-5-4-10(2)12(9-11)17-14-16-7-6-13(15)18-14/h3-7,9H,1,8H2,2H3,(H,16,17,18). The molecule has 0 spiro atoms. The molecule has 1 heterocycles. The maximum absolute atomic E-state index is 5.82. The van der Waals surface area contributed by atoms with E-state index in [0.29, 0.717) is 17.7 Å². The van der Waals surface area contributed by atoms with E-state index in [1.54, 1.807) is 18.3 Å². The summed E-state index contributed by atoms with van der Waals surface area (Å²) in [5.41, 5.74) is 1.94. The van der Waals surface area contributed by atoms with Crippen molar-refractivity contribution < 1.29 is 4.74 Å². The summed E-state index contributed by atoms with van der Waals surface area (Å²) < 4.78 is 5.49. The summed E-state index contributed by atoms with van der Waals surface area (Å²) >= 11 is 5.82. The van der Waals surface area contributed by atoms with Gasteiger partial charge in [-0.25, -0.2) is 9.97 Å². The third-order valence-electron chi connectivity index (χ3n) is 2.44. The predicted molar refractivity (Wildman–Crippen MR) is 77.2 cm³/mol. The summed E-state index contributed by atoms with van der Waals surface area (Å²) in [6, 6.07) is 7.39. The molecule has 0 aliphatic rings. The minimum atomic E-state index is 0.397. The molecule has 0 radical (unpaired) electrons. The first-order valence-electron chi connectivity index (χ1n) is 5.79. The van der Waals surface area contributed by atoms with Crippen molar-refractivity contribution in [2.45, 2.75) is 6.92 Å². The smallest absolute Gasteiger partial charge is 0.228 e. The molecule has 0 atom stereocenters. The zero-order valence-electron chi connectivity index (χ0n) is 10.6. The van der Waals surface area contributed by atoms with Crippen LogP contribution in [-0.4, -0.2) is 16.6 Å². The van der Waals surface area contributed by atoms with Gasteiger partial charge in [0.05, 0.1) is 0 Å². The first-order valence-corrected chi connectivity index (χ1v) is 6.17. The maximum atomic E-state index is 5.82. The summed E-state index contributed by atoms with van der Waals surface area (Å²) in [4.78, 5) is 8.19. The lowest BCUT2D eigenvalue weighted by atomic mass is 10.2. The SMILES string of the molecule is C=CCOc1ccc(C)c(Nc2nccc(Cl)n2)c1. The molecule has 0 saturated heterocycles. The van der Waals surface area contributed by atoms with Gasteiger partial charge in [0, 0.05) is 18.0 Å². The number of aryl methyl sites for hydroxylation is 1. The fraction of sp³-hybridized carbons (Fsp3) is 0.143. The Kier molecular flexibility index (Phi) is 4.36. The Morgan fingerprint density at radius 3 is 3.00 bits per heavy atom. The van der Waals surface area contributed by atoms with Gasteiger partial charge in [0.1, 0.15) is 17.5 Å². The van der Waals surface area contributed by atoms with Crippen LogP contribution in [0.4, 0.5) is 11.6 Å². The van der Waals surface area contributed by atoms with Crippen LogP contribution in [0.5, 0.6) is 5.75 Å². The fourth-order valence-corrected chi connectivity index (χ4v) is 1.63. The Morgan fingerprint density at radius 2 is 2.26 bits per heavy atom. The number of aromatic nitrogens is 2. The van der Waals surface area contributed by atoms with Crippen LogP contribution in [0.3, 0.4) is 0 Å². The molecular formula is C14H14ClN3O. The highest BCUT2D eigenvalue weighted by molar-refractivity contribution is 6.29. The highest BCUT2D eigenvalue weighted by Gasteiger charge is 2.04. The van der Waals surface area contributed by atoms with Crippen molar-refractivity contribution >= 4 is 23.2 Å². The van der Waals surface area contributed by atoms with E-state index < -0.39 is 0 Å². The zero-order chi connectivity index (χ0) is 13.7. The number of ether oxygens (including phenoxy) is 1. The number of nitrogens with zero attached hydrogens (tertiary/aromatic N) is 2. The molecule has 98 valence electrons. The van der Waals surface area contributed by atoms with Crippen molar-refractivity contribution in [3.8, 4) is 5.75 Å². The largest absolute Gasteiger partial charge is 0.489 e. The summed E-state index contributed by atoms with van der Waals surface area (Å²) in [6.07, 6.45) is 3.30. The van der Waals surface area contributed by atoms with E-state index in [-0.39, 0.29) is 0 Å². The van der Waals surface area contributed by atoms with Crippen LogP contribution < -0.4 is 10.1 Å². The maximum Gasteiger partial charge on any atom is 0.228 e. The third-order valence-corrected chi connectivity index (χ3v) is 2.66. The van der Waals surface area contributed by atoms with Crippen molar-refractivity contribution in [3.63, 3.8) is 0 Å². The quantitative estimate of drug-likeness (QED) is 0.667. The second-order valence-electron chi connectivity index (χ2n) is 3.90. The lowest BCUT2D eigenvalue weighted by Crippen LogP contribution is -2.00. The first-order chi connectivity index (χ1) is 9.19. The molecule has 0 fully saturated rings. The lowest BCUT2D eigenvalue weighted by Gasteiger charge is -2.10. The normalized spacial score (nSPS) is 10.0. The number of rotatable bonds is 5. The Hall–Kier alpha value is -2.07. The molecule has 0 saturated carbocycles. The van der Waals surface area contributed by atoms with Gasteiger partial charge in [0.2, 0.25) is 5.95 Å². The van der Waals surface area contributed by atoms with Crippen LogP contribution in [0.1, 0.15) is 5.56 Å². The predicted octanol–water partition coefficient (Wildman–Crippen LogP) is 3.75. The highest BCUT2D eigenvalue weighted by atomic mass is 35.5. The molecule has 2 aromatic rings. The molecule has 19 heavy (non-hydrogen) atoms. The van der Waals surface area contributed by atoms with Crippen LogP contribution in [-0.2, 0) is 0 Å². The number of hydrogen-bond acceptors (Lipinski definition) is 4. The summed E-state index contributed by atoms with van der Waals surface area (Å²) in [6.45, 7) is 6.08. The molecule has 4 nitrogen and oxygen atoms in total. The Bertz CT molecular complexity index is 587. The molecule has 1 aromatic heterocycles. The van der Waals surface area contributed by atoms with E-state index >= 15 is 0 Å².